The molecule has 2 aromatic carbocycles. The third-order valence-electron chi connectivity index (χ3n) is 2.96. The van der Waals surface area contributed by atoms with E-state index < -0.39 is 5.91 Å². The number of hydrogen-bond acceptors (Lipinski definition) is 4. The smallest absolute Gasteiger partial charge is 0.248 e. The van der Waals surface area contributed by atoms with Gasteiger partial charge in [-0.2, -0.15) is 0 Å². The molecule has 23 heavy (non-hydrogen) atoms. The van der Waals surface area contributed by atoms with Crippen LogP contribution in [0.15, 0.2) is 53.4 Å². The van der Waals surface area contributed by atoms with Crippen LogP contribution in [-0.2, 0) is 4.79 Å². The van der Waals surface area contributed by atoms with E-state index in [1.165, 1.54) is 11.8 Å². The number of anilines is 1. The summed E-state index contributed by atoms with van der Waals surface area (Å²) in [7, 11) is 0. The maximum Gasteiger partial charge on any atom is 0.248 e. The highest BCUT2D eigenvalue weighted by Crippen LogP contribution is 2.21. The SMILES string of the molecule is CCOc1ccc(SCC(=O)Nc2ccc(C(N)=O)cc2)cc1. The molecule has 6 heteroatoms. The van der Waals surface area contributed by atoms with Gasteiger partial charge in [0.2, 0.25) is 11.8 Å². The maximum absolute atomic E-state index is 11.9. The first-order chi connectivity index (χ1) is 11.1. The van der Waals surface area contributed by atoms with E-state index >= 15 is 0 Å². The molecule has 0 saturated carbocycles. The maximum atomic E-state index is 11.9. The van der Waals surface area contributed by atoms with Crippen molar-refractivity contribution in [1.82, 2.24) is 0 Å². The molecule has 0 aliphatic rings. The number of nitrogens with one attached hydrogen (secondary N) is 1. The van der Waals surface area contributed by atoms with Crippen molar-refractivity contribution in [2.75, 3.05) is 17.7 Å². The van der Waals surface area contributed by atoms with Crippen LogP contribution in [0.25, 0.3) is 0 Å². The Morgan fingerprint density at radius 1 is 1.09 bits per heavy atom. The summed E-state index contributed by atoms with van der Waals surface area (Å²) in [6, 6.07) is 14.1. The lowest BCUT2D eigenvalue weighted by atomic mass is 10.2. The molecule has 0 aliphatic heterocycles. The van der Waals surface area contributed by atoms with Gasteiger partial charge in [0.15, 0.2) is 0 Å². The van der Waals surface area contributed by atoms with Crippen LogP contribution in [0.2, 0.25) is 0 Å². The highest BCUT2D eigenvalue weighted by atomic mass is 32.2. The minimum absolute atomic E-state index is 0.115. The van der Waals surface area contributed by atoms with E-state index in [1.54, 1.807) is 24.3 Å². The van der Waals surface area contributed by atoms with Crippen LogP contribution >= 0.6 is 11.8 Å². The van der Waals surface area contributed by atoms with Crippen molar-refractivity contribution in [3.8, 4) is 5.75 Å². The molecule has 0 spiro atoms. The fourth-order valence-corrected chi connectivity index (χ4v) is 2.56. The van der Waals surface area contributed by atoms with Crippen molar-refractivity contribution >= 4 is 29.3 Å². The first-order valence-electron chi connectivity index (χ1n) is 7.14. The van der Waals surface area contributed by atoms with E-state index in [1.807, 2.05) is 31.2 Å². The quantitative estimate of drug-likeness (QED) is 0.765. The van der Waals surface area contributed by atoms with E-state index in [4.69, 9.17) is 10.5 Å². The molecule has 0 saturated heterocycles. The van der Waals surface area contributed by atoms with Crippen molar-refractivity contribution in [2.45, 2.75) is 11.8 Å². The van der Waals surface area contributed by atoms with Gasteiger partial charge in [-0.05, 0) is 55.5 Å². The number of benzene rings is 2. The zero-order valence-corrected chi connectivity index (χ0v) is 13.6. The molecule has 0 radical (unpaired) electrons. The molecule has 120 valence electrons. The molecule has 0 aromatic heterocycles. The molecule has 0 aliphatic carbocycles. The van der Waals surface area contributed by atoms with Gasteiger partial charge in [0.1, 0.15) is 5.75 Å². The van der Waals surface area contributed by atoms with Gasteiger partial charge in [-0.1, -0.05) is 0 Å². The zero-order valence-electron chi connectivity index (χ0n) is 12.7. The Morgan fingerprint density at radius 3 is 2.30 bits per heavy atom. The summed E-state index contributed by atoms with van der Waals surface area (Å²) < 4.78 is 5.37. The van der Waals surface area contributed by atoms with Gasteiger partial charge in [-0.15, -0.1) is 11.8 Å². The lowest BCUT2D eigenvalue weighted by Gasteiger charge is -2.07. The van der Waals surface area contributed by atoms with Crippen molar-refractivity contribution in [3.63, 3.8) is 0 Å². The average molecular weight is 330 g/mol. The summed E-state index contributed by atoms with van der Waals surface area (Å²) in [5.74, 6) is 0.506. The second kappa shape index (κ2) is 8.24. The third-order valence-corrected chi connectivity index (χ3v) is 3.97. The summed E-state index contributed by atoms with van der Waals surface area (Å²) in [4.78, 5) is 23.9. The molecular weight excluding hydrogens is 312 g/mol. The number of rotatable bonds is 7. The molecular formula is C17H18N2O3S. The van der Waals surface area contributed by atoms with Crippen molar-refractivity contribution < 1.29 is 14.3 Å². The number of amides is 2. The molecule has 0 unspecified atom stereocenters. The molecule has 0 fully saturated rings. The number of carbonyl (C=O) groups excluding carboxylic acids is 2. The van der Waals surface area contributed by atoms with Gasteiger partial charge >= 0.3 is 0 Å². The Kier molecular flexibility index (Phi) is 6.05. The monoisotopic (exact) mass is 330 g/mol. The third kappa shape index (κ3) is 5.34. The Bertz CT molecular complexity index is 669. The Labute approximate surface area is 139 Å². The van der Waals surface area contributed by atoms with E-state index in [-0.39, 0.29) is 5.91 Å². The fraction of sp³-hybridized carbons (Fsp3) is 0.176. The first-order valence-corrected chi connectivity index (χ1v) is 8.12. The van der Waals surface area contributed by atoms with E-state index in [0.29, 0.717) is 23.6 Å². The van der Waals surface area contributed by atoms with Gasteiger partial charge in [0.05, 0.1) is 12.4 Å². The van der Waals surface area contributed by atoms with Crippen molar-refractivity contribution in [2.24, 2.45) is 5.73 Å². The first kappa shape index (κ1) is 16.9. The van der Waals surface area contributed by atoms with Crippen LogP contribution in [0.1, 0.15) is 17.3 Å². The summed E-state index contributed by atoms with van der Waals surface area (Å²) in [5.41, 5.74) is 6.21. The van der Waals surface area contributed by atoms with Crippen molar-refractivity contribution in [1.29, 1.82) is 0 Å². The number of ether oxygens (including phenoxy) is 1. The van der Waals surface area contributed by atoms with E-state index in [2.05, 4.69) is 5.32 Å². The Hall–Kier alpha value is -2.47. The van der Waals surface area contributed by atoms with Gasteiger partial charge in [-0.25, -0.2) is 0 Å². The highest BCUT2D eigenvalue weighted by molar-refractivity contribution is 8.00. The van der Waals surface area contributed by atoms with Crippen LogP contribution in [0.5, 0.6) is 5.75 Å². The topological polar surface area (TPSA) is 81.4 Å². The van der Waals surface area contributed by atoms with Gasteiger partial charge < -0.3 is 15.8 Å². The average Bonchev–Trinajstić information content (AvgIpc) is 2.55. The second-order valence-corrected chi connectivity index (χ2v) is 5.73. The van der Waals surface area contributed by atoms with Crippen molar-refractivity contribution in [3.05, 3.63) is 54.1 Å². The molecule has 2 aromatic rings. The minimum atomic E-state index is -0.492. The number of thioether (sulfide) groups is 1. The summed E-state index contributed by atoms with van der Waals surface area (Å²) in [5, 5.41) is 2.77. The molecule has 0 bridgehead atoms. The molecule has 0 atom stereocenters. The lowest BCUT2D eigenvalue weighted by Crippen LogP contribution is -2.14. The summed E-state index contributed by atoms with van der Waals surface area (Å²) >= 11 is 1.44. The van der Waals surface area contributed by atoms with Crippen LogP contribution < -0.4 is 15.8 Å². The standard InChI is InChI=1S/C17H18N2O3S/c1-2-22-14-7-9-15(10-8-14)23-11-16(20)19-13-5-3-12(4-6-13)17(18)21/h3-10H,2,11H2,1H3,(H2,18,21)(H,19,20). The normalized spacial score (nSPS) is 10.1. The molecule has 0 heterocycles. The number of hydrogen-bond donors (Lipinski definition) is 2. The Morgan fingerprint density at radius 2 is 1.74 bits per heavy atom. The predicted octanol–water partition coefficient (Wildman–Crippen LogP) is 2.92. The van der Waals surface area contributed by atoms with Crippen LogP contribution in [-0.4, -0.2) is 24.2 Å². The van der Waals surface area contributed by atoms with Crippen LogP contribution in [0, 0.1) is 0 Å². The fourth-order valence-electron chi connectivity index (χ4n) is 1.86. The molecule has 2 rings (SSSR count). The van der Waals surface area contributed by atoms with E-state index in [9.17, 15) is 9.59 Å². The van der Waals surface area contributed by atoms with Crippen LogP contribution in [0.3, 0.4) is 0 Å². The molecule has 3 N–H and O–H groups in total. The minimum Gasteiger partial charge on any atom is -0.494 e. The van der Waals surface area contributed by atoms with Gasteiger partial charge in [-0.3, -0.25) is 9.59 Å². The lowest BCUT2D eigenvalue weighted by molar-refractivity contribution is -0.113. The predicted molar refractivity (Wildman–Crippen MR) is 91.9 cm³/mol. The largest absolute Gasteiger partial charge is 0.494 e. The zero-order chi connectivity index (χ0) is 16.7. The second-order valence-electron chi connectivity index (χ2n) is 4.68. The molecule has 2 amide bonds. The van der Waals surface area contributed by atoms with E-state index in [0.717, 1.165) is 10.6 Å². The summed E-state index contributed by atoms with van der Waals surface area (Å²) in [6.07, 6.45) is 0. The highest BCUT2D eigenvalue weighted by Gasteiger charge is 2.05. The van der Waals surface area contributed by atoms with Gasteiger partial charge in [0.25, 0.3) is 0 Å². The number of nitrogens with two attached hydrogens (primary N) is 1. The summed E-state index contributed by atoms with van der Waals surface area (Å²) in [6.45, 7) is 2.56. The van der Waals surface area contributed by atoms with Crippen LogP contribution in [0.4, 0.5) is 5.69 Å². The number of primary amides is 1. The van der Waals surface area contributed by atoms with Gasteiger partial charge in [0, 0.05) is 16.1 Å². The molecule has 5 nitrogen and oxygen atoms in total. The Balaban J connectivity index is 1.83. The number of carbonyl (C=O) groups is 2.